The minimum atomic E-state index is -0.587. The minimum Gasteiger partial charge on any atom is -0.508 e. The molecule has 0 radical (unpaired) electrons. The first-order valence-corrected chi connectivity index (χ1v) is 14.4. The third-order valence-corrected chi connectivity index (χ3v) is 8.40. The van der Waals surface area contributed by atoms with Crippen LogP contribution in [-0.4, -0.2) is 15.8 Å². The van der Waals surface area contributed by atoms with Crippen molar-refractivity contribution in [3.8, 4) is 22.6 Å². The lowest BCUT2D eigenvalue weighted by molar-refractivity contribution is 0.379. The van der Waals surface area contributed by atoms with Gasteiger partial charge in [-0.25, -0.2) is 0 Å². The molecule has 3 N–H and O–H groups in total. The SMILES string of the molecule is C=C1N(Cc2ccc(O)cc2)c2ccc(Cl)cc2C(c2ccc(O)cc2)NC1(C)Cc1ccccc1-c1ccccc1. The molecule has 2 atom stereocenters. The van der Waals surface area contributed by atoms with Crippen molar-refractivity contribution in [1.29, 1.82) is 0 Å². The van der Waals surface area contributed by atoms with Gasteiger partial charge < -0.3 is 15.1 Å². The van der Waals surface area contributed by atoms with Crippen molar-refractivity contribution in [3.05, 3.63) is 161 Å². The summed E-state index contributed by atoms with van der Waals surface area (Å²) < 4.78 is 0. The number of hydrogen-bond acceptors (Lipinski definition) is 4. The Balaban J connectivity index is 1.51. The zero-order valence-corrected chi connectivity index (χ0v) is 24.2. The van der Waals surface area contributed by atoms with Crippen LogP contribution in [0.15, 0.2) is 134 Å². The first-order chi connectivity index (χ1) is 20.3. The Kier molecular flexibility index (Phi) is 7.51. The lowest BCUT2D eigenvalue weighted by atomic mass is 9.84. The Morgan fingerprint density at radius 1 is 0.810 bits per heavy atom. The molecule has 0 fully saturated rings. The number of hydrogen-bond donors (Lipinski definition) is 3. The Labute approximate surface area is 252 Å². The molecule has 0 aliphatic carbocycles. The second-order valence-corrected chi connectivity index (χ2v) is 11.5. The molecule has 2 unspecified atom stereocenters. The van der Waals surface area contributed by atoms with Crippen LogP contribution in [0.3, 0.4) is 0 Å². The fourth-order valence-electron chi connectivity index (χ4n) is 5.93. The number of nitrogens with zero attached hydrogens (tertiary/aromatic N) is 1. The van der Waals surface area contributed by atoms with Gasteiger partial charge in [0, 0.05) is 23.0 Å². The number of nitrogens with one attached hydrogen (secondary N) is 1. The Hall–Kier alpha value is -4.51. The number of fused-ring (bicyclic) bond motifs is 1. The van der Waals surface area contributed by atoms with E-state index in [0.717, 1.165) is 28.1 Å². The van der Waals surface area contributed by atoms with Gasteiger partial charge in [-0.1, -0.05) is 97.0 Å². The van der Waals surface area contributed by atoms with Gasteiger partial charge in [-0.15, -0.1) is 0 Å². The summed E-state index contributed by atoms with van der Waals surface area (Å²) in [5.74, 6) is 0.452. The van der Waals surface area contributed by atoms with Crippen molar-refractivity contribution in [3.63, 3.8) is 0 Å². The van der Waals surface area contributed by atoms with E-state index < -0.39 is 5.54 Å². The molecule has 0 bridgehead atoms. The molecule has 1 aliphatic heterocycles. The third-order valence-electron chi connectivity index (χ3n) is 8.17. The summed E-state index contributed by atoms with van der Waals surface area (Å²) in [4.78, 5) is 2.26. The molecule has 0 saturated carbocycles. The number of benzene rings is 5. The molecule has 0 amide bonds. The van der Waals surface area contributed by atoms with E-state index >= 15 is 0 Å². The van der Waals surface area contributed by atoms with Crippen molar-refractivity contribution in [1.82, 2.24) is 5.32 Å². The molecular formula is C37H33ClN2O2. The highest BCUT2D eigenvalue weighted by Crippen LogP contribution is 2.44. The summed E-state index contributed by atoms with van der Waals surface area (Å²) >= 11 is 6.62. The van der Waals surface area contributed by atoms with Crippen LogP contribution in [-0.2, 0) is 13.0 Å². The zero-order chi connectivity index (χ0) is 29.3. The van der Waals surface area contributed by atoms with Gasteiger partial charge in [0.25, 0.3) is 0 Å². The minimum absolute atomic E-state index is 0.219. The van der Waals surface area contributed by atoms with Crippen LogP contribution >= 0.6 is 11.6 Å². The van der Waals surface area contributed by atoms with E-state index in [1.54, 1.807) is 24.3 Å². The number of halogens is 1. The first-order valence-electron chi connectivity index (χ1n) is 14.0. The predicted molar refractivity (Wildman–Crippen MR) is 172 cm³/mol. The summed E-state index contributed by atoms with van der Waals surface area (Å²) in [5, 5.41) is 24.6. The predicted octanol–water partition coefficient (Wildman–Crippen LogP) is 8.63. The molecule has 1 aliphatic rings. The Bertz CT molecular complexity index is 1720. The maximum atomic E-state index is 10.1. The van der Waals surface area contributed by atoms with E-state index in [0.29, 0.717) is 18.0 Å². The molecule has 0 aromatic heterocycles. The summed E-state index contributed by atoms with van der Waals surface area (Å²) in [6.07, 6.45) is 0.680. The van der Waals surface area contributed by atoms with Crippen molar-refractivity contribution in [2.24, 2.45) is 0 Å². The molecule has 5 aromatic carbocycles. The third kappa shape index (κ3) is 5.52. The topological polar surface area (TPSA) is 55.7 Å². The highest BCUT2D eigenvalue weighted by Gasteiger charge is 2.40. The van der Waals surface area contributed by atoms with Crippen molar-refractivity contribution < 1.29 is 10.2 Å². The van der Waals surface area contributed by atoms with Gasteiger partial charge in [0.15, 0.2) is 0 Å². The summed E-state index contributed by atoms with van der Waals surface area (Å²) in [6.45, 7) is 7.50. The molecule has 42 heavy (non-hydrogen) atoms. The monoisotopic (exact) mass is 572 g/mol. The molecule has 5 heteroatoms. The van der Waals surface area contributed by atoms with E-state index in [4.69, 9.17) is 18.2 Å². The first kappa shape index (κ1) is 27.6. The smallest absolute Gasteiger partial charge is 0.115 e. The van der Waals surface area contributed by atoms with Gasteiger partial charge in [-0.05, 0) is 89.2 Å². The van der Waals surface area contributed by atoms with Crippen LogP contribution in [0.2, 0.25) is 5.02 Å². The van der Waals surface area contributed by atoms with Crippen LogP contribution in [0.4, 0.5) is 5.69 Å². The maximum absolute atomic E-state index is 10.1. The maximum Gasteiger partial charge on any atom is 0.115 e. The quantitative estimate of drug-likeness (QED) is 0.191. The average Bonchev–Trinajstić information content (AvgIpc) is 3.08. The number of phenols is 2. The van der Waals surface area contributed by atoms with Gasteiger partial charge in [-0.2, -0.15) is 0 Å². The van der Waals surface area contributed by atoms with E-state index in [9.17, 15) is 10.2 Å². The Morgan fingerprint density at radius 3 is 2.17 bits per heavy atom. The van der Waals surface area contributed by atoms with Gasteiger partial charge in [0.05, 0.1) is 11.6 Å². The molecule has 0 saturated heterocycles. The standard InChI is InChI=1S/C37H33ClN2O2/c1-25-37(2,23-29-10-6-7-11-33(29)27-8-4-3-5-9-27)39-36(28-14-19-32(42)20-15-28)34-22-30(38)16-21-35(34)40(25)24-26-12-17-31(41)18-13-26/h3-22,36,39,41-42H,1,23-24H2,2H3. The summed E-state index contributed by atoms with van der Waals surface area (Å²) in [5.41, 5.74) is 7.98. The average molecular weight is 573 g/mol. The van der Waals surface area contributed by atoms with Crippen molar-refractivity contribution in [2.45, 2.75) is 31.5 Å². The van der Waals surface area contributed by atoms with Crippen LogP contribution < -0.4 is 10.2 Å². The van der Waals surface area contributed by atoms with Crippen LogP contribution in [0.25, 0.3) is 11.1 Å². The van der Waals surface area contributed by atoms with Crippen molar-refractivity contribution in [2.75, 3.05) is 4.90 Å². The van der Waals surface area contributed by atoms with Gasteiger partial charge in [-0.3, -0.25) is 5.32 Å². The van der Waals surface area contributed by atoms with E-state index in [1.807, 2.05) is 42.5 Å². The fraction of sp³-hybridized carbons (Fsp3) is 0.135. The molecule has 1 heterocycles. The molecule has 210 valence electrons. The lowest BCUT2D eigenvalue weighted by Crippen LogP contribution is -2.50. The van der Waals surface area contributed by atoms with Gasteiger partial charge in [0.1, 0.15) is 11.5 Å². The number of rotatable bonds is 6. The highest BCUT2D eigenvalue weighted by atomic mass is 35.5. The van der Waals surface area contributed by atoms with E-state index in [1.165, 1.54) is 16.7 Å². The largest absolute Gasteiger partial charge is 0.508 e. The van der Waals surface area contributed by atoms with Gasteiger partial charge in [0.2, 0.25) is 0 Å². The molecule has 5 aromatic rings. The second kappa shape index (κ2) is 11.4. The Morgan fingerprint density at radius 2 is 1.45 bits per heavy atom. The highest BCUT2D eigenvalue weighted by molar-refractivity contribution is 6.30. The molecule has 0 spiro atoms. The number of aromatic hydroxyl groups is 2. The van der Waals surface area contributed by atoms with Crippen LogP contribution in [0.5, 0.6) is 11.5 Å². The van der Waals surface area contributed by atoms with Crippen LogP contribution in [0, 0.1) is 0 Å². The second-order valence-electron chi connectivity index (χ2n) is 11.1. The van der Waals surface area contributed by atoms with Gasteiger partial charge >= 0.3 is 0 Å². The normalized spacial score (nSPS) is 18.4. The summed E-state index contributed by atoms with van der Waals surface area (Å²) in [6, 6.07) is 39.4. The zero-order valence-electron chi connectivity index (χ0n) is 23.5. The molecule has 4 nitrogen and oxygen atoms in total. The fourth-order valence-corrected chi connectivity index (χ4v) is 6.11. The van der Waals surface area contributed by atoms with E-state index in [2.05, 4.69) is 71.7 Å². The summed E-state index contributed by atoms with van der Waals surface area (Å²) in [7, 11) is 0. The molecular weight excluding hydrogens is 540 g/mol. The lowest BCUT2D eigenvalue weighted by Gasteiger charge is -2.39. The van der Waals surface area contributed by atoms with E-state index in [-0.39, 0.29) is 17.5 Å². The van der Waals surface area contributed by atoms with Crippen LogP contribution in [0.1, 0.15) is 35.2 Å². The molecule has 6 rings (SSSR count). The van der Waals surface area contributed by atoms with Crippen molar-refractivity contribution >= 4 is 17.3 Å². The number of phenolic OH excluding ortho intramolecular Hbond substituents is 2. The number of anilines is 1.